The van der Waals surface area contributed by atoms with Crippen LogP contribution in [0.5, 0.6) is 0 Å². The van der Waals surface area contributed by atoms with Crippen LogP contribution in [0.2, 0.25) is 0 Å². The van der Waals surface area contributed by atoms with Crippen molar-refractivity contribution in [3.63, 3.8) is 0 Å². The van der Waals surface area contributed by atoms with Gasteiger partial charge in [0.2, 0.25) is 0 Å². The van der Waals surface area contributed by atoms with Gasteiger partial charge >= 0.3 is 12.0 Å². The molecule has 5 nitrogen and oxygen atoms in total. The van der Waals surface area contributed by atoms with Crippen molar-refractivity contribution in [3.8, 4) is 0 Å². The molecule has 2 rings (SSSR count). The van der Waals surface area contributed by atoms with E-state index in [1.165, 1.54) is 12.1 Å². The number of benzene rings is 1. The minimum atomic E-state index is -1.02. The summed E-state index contributed by atoms with van der Waals surface area (Å²) < 4.78 is 0.624. The molecule has 0 aliphatic carbocycles. The van der Waals surface area contributed by atoms with Gasteiger partial charge in [-0.15, -0.1) is 0 Å². The monoisotopic (exact) mass is 354 g/mol. The summed E-state index contributed by atoms with van der Waals surface area (Å²) in [6, 6.07) is 4.48. The van der Waals surface area contributed by atoms with E-state index in [1.54, 1.807) is 11.0 Å². The summed E-state index contributed by atoms with van der Waals surface area (Å²) in [4.78, 5) is 25.0. The highest BCUT2D eigenvalue weighted by Gasteiger charge is 2.28. The highest BCUT2D eigenvalue weighted by molar-refractivity contribution is 9.10. The molecule has 1 fully saturated rings. The molecule has 1 unspecified atom stereocenters. The summed E-state index contributed by atoms with van der Waals surface area (Å²) in [6.45, 7) is 5.83. The van der Waals surface area contributed by atoms with E-state index in [1.807, 2.05) is 0 Å². The van der Waals surface area contributed by atoms with Crippen molar-refractivity contribution in [2.75, 3.05) is 18.4 Å². The van der Waals surface area contributed by atoms with Crippen LogP contribution >= 0.6 is 15.9 Å². The normalized spacial score (nSPS) is 18.1. The zero-order valence-corrected chi connectivity index (χ0v) is 13.7. The number of anilines is 1. The Morgan fingerprint density at radius 1 is 1.38 bits per heavy atom. The SMILES string of the molecule is CC(C)C1CCN(C(=O)Nc2cc(Br)cc(C(=O)O)c2)C1. The van der Waals surface area contributed by atoms with Crippen LogP contribution in [0.15, 0.2) is 22.7 Å². The Morgan fingerprint density at radius 3 is 2.67 bits per heavy atom. The number of carbonyl (C=O) groups is 2. The Morgan fingerprint density at radius 2 is 2.10 bits per heavy atom. The molecular weight excluding hydrogens is 336 g/mol. The third-order valence-electron chi connectivity index (χ3n) is 3.85. The van der Waals surface area contributed by atoms with Crippen molar-refractivity contribution in [1.82, 2.24) is 4.90 Å². The molecule has 0 radical (unpaired) electrons. The Balaban J connectivity index is 2.05. The molecule has 2 amide bonds. The van der Waals surface area contributed by atoms with Crippen LogP contribution in [0.3, 0.4) is 0 Å². The number of hydrogen-bond donors (Lipinski definition) is 2. The van der Waals surface area contributed by atoms with Crippen LogP contribution in [0.25, 0.3) is 0 Å². The van der Waals surface area contributed by atoms with Crippen molar-refractivity contribution in [2.24, 2.45) is 11.8 Å². The Bertz CT molecular complexity index is 560. The lowest BCUT2D eigenvalue weighted by atomic mass is 9.95. The topological polar surface area (TPSA) is 69.6 Å². The molecule has 6 heteroatoms. The van der Waals surface area contributed by atoms with Gasteiger partial charge in [0, 0.05) is 23.2 Å². The smallest absolute Gasteiger partial charge is 0.335 e. The van der Waals surface area contributed by atoms with Gasteiger partial charge in [0.05, 0.1) is 5.56 Å². The number of carboxylic acids is 1. The third kappa shape index (κ3) is 3.97. The third-order valence-corrected chi connectivity index (χ3v) is 4.31. The minimum Gasteiger partial charge on any atom is -0.478 e. The van der Waals surface area contributed by atoms with E-state index in [2.05, 4.69) is 35.1 Å². The molecule has 114 valence electrons. The maximum absolute atomic E-state index is 12.2. The summed E-state index contributed by atoms with van der Waals surface area (Å²) >= 11 is 3.26. The fraction of sp³-hybridized carbons (Fsp3) is 0.467. The number of halogens is 1. The molecule has 1 aromatic carbocycles. The van der Waals surface area contributed by atoms with Gasteiger partial charge in [-0.05, 0) is 36.5 Å². The standard InChI is InChI=1S/C15H19BrN2O3/c1-9(2)10-3-4-18(8-10)15(21)17-13-6-11(14(19)20)5-12(16)7-13/h5-7,9-10H,3-4,8H2,1-2H3,(H,17,21)(H,19,20). The average Bonchev–Trinajstić information content (AvgIpc) is 2.87. The second-order valence-corrected chi connectivity index (χ2v) is 6.62. The first-order chi connectivity index (χ1) is 9.86. The molecule has 2 N–H and O–H groups in total. The van der Waals surface area contributed by atoms with Crippen molar-refractivity contribution < 1.29 is 14.7 Å². The maximum Gasteiger partial charge on any atom is 0.335 e. The average molecular weight is 355 g/mol. The van der Waals surface area contributed by atoms with Gasteiger partial charge in [0.15, 0.2) is 0 Å². The maximum atomic E-state index is 12.2. The number of carbonyl (C=O) groups excluding carboxylic acids is 1. The van der Waals surface area contributed by atoms with Gasteiger partial charge in [-0.1, -0.05) is 29.8 Å². The van der Waals surface area contributed by atoms with Gasteiger partial charge < -0.3 is 15.3 Å². The highest BCUT2D eigenvalue weighted by atomic mass is 79.9. The summed E-state index contributed by atoms with van der Waals surface area (Å²) in [5.74, 6) is 0.0768. The van der Waals surface area contributed by atoms with E-state index >= 15 is 0 Å². The predicted molar refractivity (Wildman–Crippen MR) is 84.6 cm³/mol. The van der Waals surface area contributed by atoms with Crippen LogP contribution in [0.4, 0.5) is 10.5 Å². The number of aromatic carboxylic acids is 1. The fourth-order valence-corrected chi connectivity index (χ4v) is 3.00. The van der Waals surface area contributed by atoms with Gasteiger partial charge in [-0.2, -0.15) is 0 Å². The number of amides is 2. The van der Waals surface area contributed by atoms with Crippen molar-refractivity contribution >= 4 is 33.6 Å². The van der Waals surface area contributed by atoms with Gasteiger partial charge in [0.25, 0.3) is 0 Å². The fourth-order valence-electron chi connectivity index (χ4n) is 2.50. The van der Waals surface area contributed by atoms with Crippen LogP contribution < -0.4 is 5.32 Å². The molecular formula is C15H19BrN2O3. The molecule has 1 saturated heterocycles. The van der Waals surface area contributed by atoms with Gasteiger partial charge in [-0.3, -0.25) is 0 Å². The Labute approximate surface area is 132 Å². The Kier molecular flexibility index (Phi) is 4.88. The van der Waals surface area contributed by atoms with Gasteiger partial charge in [-0.25, -0.2) is 9.59 Å². The first-order valence-electron chi connectivity index (χ1n) is 6.96. The molecule has 0 spiro atoms. The summed E-state index contributed by atoms with van der Waals surface area (Å²) in [7, 11) is 0. The van der Waals surface area contributed by atoms with Crippen LogP contribution in [-0.2, 0) is 0 Å². The molecule has 21 heavy (non-hydrogen) atoms. The largest absolute Gasteiger partial charge is 0.478 e. The van der Waals surface area contributed by atoms with E-state index in [4.69, 9.17) is 5.11 Å². The van der Waals surface area contributed by atoms with Crippen LogP contribution in [-0.4, -0.2) is 35.1 Å². The number of urea groups is 1. The second kappa shape index (κ2) is 6.47. The molecule has 1 aliphatic heterocycles. The molecule has 1 atom stereocenters. The first kappa shape index (κ1) is 15.8. The van der Waals surface area contributed by atoms with E-state index < -0.39 is 5.97 Å². The summed E-state index contributed by atoms with van der Waals surface area (Å²) in [5.41, 5.74) is 0.626. The summed E-state index contributed by atoms with van der Waals surface area (Å²) in [6.07, 6.45) is 1.02. The predicted octanol–water partition coefficient (Wildman–Crippen LogP) is 3.66. The number of rotatable bonds is 3. The van der Waals surface area contributed by atoms with Crippen LogP contribution in [0.1, 0.15) is 30.6 Å². The molecule has 0 saturated carbocycles. The number of nitrogens with one attached hydrogen (secondary N) is 1. The zero-order chi connectivity index (χ0) is 15.6. The first-order valence-corrected chi connectivity index (χ1v) is 7.76. The molecule has 1 heterocycles. The lowest BCUT2D eigenvalue weighted by Crippen LogP contribution is -2.33. The zero-order valence-electron chi connectivity index (χ0n) is 12.1. The molecule has 0 aromatic heterocycles. The van der Waals surface area contributed by atoms with Crippen molar-refractivity contribution in [1.29, 1.82) is 0 Å². The number of likely N-dealkylation sites (tertiary alicyclic amines) is 1. The molecule has 0 bridgehead atoms. The van der Waals surface area contributed by atoms with Crippen molar-refractivity contribution in [2.45, 2.75) is 20.3 Å². The van der Waals surface area contributed by atoms with Gasteiger partial charge in [0.1, 0.15) is 0 Å². The summed E-state index contributed by atoms with van der Waals surface area (Å²) in [5, 5.41) is 11.8. The van der Waals surface area contributed by atoms with E-state index in [-0.39, 0.29) is 11.6 Å². The van der Waals surface area contributed by atoms with Crippen LogP contribution in [0, 0.1) is 11.8 Å². The lowest BCUT2D eigenvalue weighted by molar-refractivity contribution is 0.0697. The number of carboxylic acid groups (broad SMARTS) is 1. The second-order valence-electron chi connectivity index (χ2n) is 5.70. The molecule has 1 aromatic rings. The van der Waals surface area contributed by atoms with E-state index in [0.29, 0.717) is 22.0 Å². The lowest BCUT2D eigenvalue weighted by Gasteiger charge is -2.19. The number of hydrogen-bond acceptors (Lipinski definition) is 2. The minimum absolute atomic E-state index is 0.140. The quantitative estimate of drug-likeness (QED) is 0.869. The highest BCUT2D eigenvalue weighted by Crippen LogP contribution is 2.25. The Hall–Kier alpha value is -1.56. The van der Waals surface area contributed by atoms with Crippen molar-refractivity contribution in [3.05, 3.63) is 28.2 Å². The van der Waals surface area contributed by atoms with E-state index in [9.17, 15) is 9.59 Å². The molecule has 1 aliphatic rings. The van der Waals surface area contributed by atoms with E-state index in [0.717, 1.165) is 19.5 Å². The number of nitrogens with zero attached hydrogens (tertiary/aromatic N) is 1.